The molecule has 1 aromatic heterocycles. The van der Waals surface area contributed by atoms with Gasteiger partial charge in [0.2, 0.25) is 0 Å². The summed E-state index contributed by atoms with van der Waals surface area (Å²) in [6, 6.07) is 5.77. The van der Waals surface area contributed by atoms with Gasteiger partial charge >= 0.3 is 0 Å². The quantitative estimate of drug-likeness (QED) is 0.895. The van der Waals surface area contributed by atoms with E-state index in [0.29, 0.717) is 11.7 Å². The summed E-state index contributed by atoms with van der Waals surface area (Å²) >= 11 is 0. The van der Waals surface area contributed by atoms with Crippen LogP contribution in [0.1, 0.15) is 36.6 Å². The highest BCUT2D eigenvalue weighted by atomic mass is 16.3. The largest absolute Gasteiger partial charge is 0.508 e. The number of phenolic OH excluding ortho intramolecular Hbond substituents is 1. The molecule has 3 heteroatoms. The fourth-order valence-corrected chi connectivity index (χ4v) is 1.85. The molecule has 0 aliphatic carbocycles. The standard InChI is InChI=1S/C15H18N2O/c1-11(2)14-7-5-12(8-15(14)18)4-6-13-9-17(3)10-16-13/h4-11,18H,1-3H3/b6-4+. The molecule has 0 spiro atoms. The van der Waals surface area contributed by atoms with E-state index in [9.17, 15) is 5.11 Å². The summed E-state index contributed by atoms with van der Waals surface area (Å²) in [5.41, 5.74) is 2.86. The molecule has 0 radical (unpaired) electrons. The molecule has 0 aliphatic heterocycles. The van der Waals surface area contributed by atoms with Crippen molar-refractivity contribution >= 4 is 12.2 Å². The van der Waals surface area contributed by atoms with E-state index in [2.05, 4.69) is 18.8 Å². The Hall–Kier alpha value is -2.03. The lowest BCUT2D eigenvalue weighted by Gasteiger charge is -2.08. The Kier molecular flexibility index (Phi) is 3.51. The molecule has 1 aromatic carbocycles. The van der Waals surface area contributed by atoms with Gasteiger partial charge in [-0.3, -0.25) is 0 Å². The van der Waals surface area contributed by atoms with Crippen molar-refractivity contribution in [3.63, 3.8) is 0 Å². The normalized spacial score (nSPS) is 11.6. The van der Waals surface area contributed by atoms with Crippen LogP contribution in [0.3, 0.4) is 0 Å². The highest BCUT2D eigenvalue weighted by Gasteiger charge is 2.05. The van der Waals surface area contributed by atoms with Crippen LogP contribution >= 0.6 is 0 Å². The SMILES string of the molecule is CC(C)c1ccc(/C=C/c2cn(C)cn2)cc1O. The lowest BCUT2D eigenvalue weighted by molar-refractivity contribution is 0.465. The zero-order chi connectivity index (χ0) is 13.1. The molecule has 18 heavy (non-hydrogen) atoms. The third-order valence-electron chi connectivity index (χ3n) is 2.85. The van der Waals surface area contributed by atoms with E-state index in [4.69, 9.17) is 0 Å². The summed E-state index contributed by atoms with van der Waals surface area (Å²) in [6.07, 6.45) is 7.59. The van der Waals surface area contributed by atoms with Gasteiger partial charge in [-0.05, 0) is 29.2 Å². The summed E-state index contributed by atoms with van der Waals surface area (Å²) in [7, 11) is 1.94. The van der Waals surface area contributed by atoms with Crippen molar-refractivity contribution in [1.82, 2.24) is 9.55 Å². The van der Waals surface area contributed by atoms with Crippen molar-refractivity contribution < 1.29 is 5.11 Å². The highest BCUT2D eigenvalue weighted by Crippen LogP contribution is 2.26. The van der Waals surface area contributed by atoms with E-state index in [1.807, 2.05) is 42.1 Å². The summed E-state index contributed by atoms with van der Waals surface area (Å²) < 4.78 is 1.90. The van der Waals surface area contributed by atoms with Crippen molar-refractivity contribution in [2.24, 2.45) is 7.05 Å². The minimum absolute atomic E-state index is 0.332. The van der Waals surface area contributed by atoms with Crippen LogP contribution in [0.15, 0.2) is 30.7 Å². The zero-order valence-electron chi connectivity index (χ0n) is 11.0. The number of rotatable bonds is 3. The zero-order valence-corrected chi connectivity index (χ0v) is 11.0. The van der Waals surface area contributed by atoms with Gasteiger partial charge in [0.15, 0.2) is 0 Å². The molecule has 0 unspecified atom stereocenters. The van der Waals surface area contributed by atoms with Crippen molar-refractivity contribution in [3.05, 3.63) is 47.5 Å². The molecule has 3 nitrogen and oxygen atoms in total. The molecule has 0 bridgehead atoms. The maximum atomic E-state index is 9.91. The number of imidazole rings is 1. The number of nitrogens with zero attached hydrogens (tertiary/aromatic N) is 2. The lowest BCUT2D eigenvalue weighted by Crippen LogP contribution is -1.88. The van der Waals surface area contributed by atoms with Gasteiger partial charge in [0.25, 0.3) is 0 Å². The number of hydrogen-bond donors (Lipinski definition) is 1. The van der Waals surface area contributed by atoms with Crippen LogP contribution in [-0.2, 0) is 7.05 Å². The van der Waals surface area contributed by atoms with Gasteiger partial charge in [0.1, 0.15) is 5.75 Å². The Morgan fingerprint density at radius 3 is 2.61 bits per heavy atom. The summed E-state index contributed by atoms with van der Waals surface area (Å²) in [5.74, 6) is 0.687. The third kappa shape index (κ3) is 2.80. The highest BCUT2D eigenvalue weighted by molar-refractivity contribution is 5.68. The molecular weight excluding hydrogens is 224 g/mol. The second kappa shape index (κ2) is 5.08. The van der Waals surface area contributed by atoms with Gasteiger partial charge in [-0.25, -0.2) is 4.98 Å². The number of aryl methyl sites for hydroxylation is 1. The average molecular weight is 242 g/mol. The second-order valence-electron chi connectivity index (χ2n) is 4.77. The van der Waals surface area contributed by atoms with Gasteiger partial charge in [0, 0.05) is 13.2 Å². The molecule has 0 amide bonds. The molecule has 94 valence electrons. The van der Waals surface area contributed by atoms with Crippen LogP contribution in [0, 0.1) is 0 Å². The van der Waals surface area contributed by atoms with Crippen molar-refractivity contribution in [1.29, 1.82) is 0 Å². The number of phenols is 1. The monoisotopic (exact) mass is 242 g/mol. The summed E-state index contributed by atoms with van der Waals surface area (Å²) in [4.78, 5) is 4.21. The van der Waals surface area contributed by atoms with E-state index >= 15 is 0 Å². The average Bonchev–Trinajstić information content (AvgIpc) is 2.72. The van der Waals surface area contributed by atoms with E-state index in [0.717, 1.165) is 16.8 Å². The first-order valence-corrected chi connectivity index (χ1v) is 6.05. The Bertz CT molecular complexity index is 568. The topological polar surface area (TPSA) is 38.0 Å². The van der Waals surface area contributed by atoms with Gasteiger partial charge in [-0.2, -0.15) is 0 Å². The molecule has 0 saturated carbocycles. The van der Waals surface area contributed by atoms with Crippen LogP contribution in [0.5, 0.6) is 5.75 Å². The van der Waals surface area contributed by atoms with Crippen LogP contribution in [-0.4, -0.2) is 14.7 Å². The van der Waals surface area contributed by atoms with Crippen LogP contribution < -0.4 is 0 Å². The lowest BCUT2D eigenvalue weighted by atomic mass is 10.0. The molecule has 1 heterocycles. The molecule has 1 N–H and O–H groups in total. The molecule has 0 atom stereocenters. The summed E-state index contributed by atoms with van der Waals surface area (Å²) in [5, 5.41) is 9.91. The predicted octanol–water partition coefficient (Wildman–Crippen LogP) is 3.42. The molecule has 2 rings (SSSR count). The minimum atomic E-state index is 0.332. The maximum absolute atomic E-state index is 9.91. The van der Waals surface area contributed by atoms with E-state index < -0.39 is 0 Å². The van der Waals surface area contributed by atoms with Crippen LogP contribution in [0.4, 0.5) is 0 Å². The van der Waals surface area contributed by atoms with Crippen LogP contribution in [0.25, 0.3) is 12.2 Å². The van der Waals surface area contributed by atoms with Crippen LogP contribution in [0.2, 0.25) is 0 Å². The van der Waals surface area contributed by atoms with E-state index in [1.165, 1.54) is 0 Å². The molecule has 0 saturated heterocycles. The smallest absolute Gasteiger partial charge is 0.119 e. The molecule has 2 aromatic rings. The number of aromatic hydroxyl groups is 1. The van der Waals surface area contributed by atoms with Crippen molar-refractivity contribution in [2.75, 3.05) is 0 Å². The Morgan fingerprint density at radius 2 is 2.06 bits per heavy atom. The minimum Gasteiger partial charge on any atom is -0.508 e. The van der Waals surface area contributed by atoms with E-state index in [-0.39, 0.29) is 0 Å². The first-order valence-electron chi connectivity index (χ1n) is 6.05. The second-order valence-corrected chi connectivity index (χ2v) is 4.77. The van der Waals surface area contributed by atoms with Gasteiger partial charge in [-0.15, -0.1) is 0 Å². The Morgan fingerprint density at radius 1 is 1.28 bits per heavy atom. The summed E-state index contributed by atoms with van der Waals surface area (Å²) in [6.45, 7) is 4.14. The number of aromatic nitrogens is 2. The van der Waals surface area contributed by atoms with Crippen molar-refractivity contribution in [2.45, 2.75) is 19.8 Å². The first kappa shape index (κ1) is 12.4. The Balaban J connectivity index is 2.20. The number of benzene rings is 1. The van der Waals surface area contributed by atoms with E-state index in [1.54, 1.807) is 12.4 Å². The third-order valence-corrected chi connectivity index (χ3v) is 2.85. The maximum Gasteiger partial charge on any atom is 0.119 e. The Labute approximate surface area is 107 Å². The van der Waals surface area contributed by atoms with Crippen molar-refractivity contribution in [3.8, 4) is 5.75 Å². The fraction of sp³-hybridized carbons (Fsp3) is 0.267. The predicted molar refractivity (Wildman–Crippen MR) is 74.3 cm³/mol. The molecule has 0 aliphatic rings. The fourth-order valence-electron chi connectivity index (χ4n) is 1.85. The molecular formula is C15H18N2O. The van der Waals surface area contributed by atoms with Gasteiger partial charge < -0.3 is 9.67 Å². The molecule has 0 fully saturated rings. The van der Waals surface area contributed by atoms with Gasteiger partial charge in [0.05, 0.1) is 12.0 Å². The van der Waals surface area contributed by atoms with Gasteiger partial charge in [-0.1, -0.05) is 32.1 Å². The first-order chi connectivity index (χ1) is 8.56. The number of hydrogen-bond acceptors (Lipinski definition) is 2.